The first-order valence-corrected chi connectivity index (χ1v) is 37.5. The molecular weight excluding hydrogens is 1010 g/mol. The summed E-state index contributed by atoms with van der Waals surface area (Å²) in [6, 6.07) is 4.89. The summed E-state index contributed by atoms with van der Waals surface area (Å²) in [7, 11) is 0. The minimum atomic E-state index is 0.416. The SMILES string of the molecule is CC1(C)C2CCCCC2C2CCC(N(C3CCC4C5CCCCC5C(C)(C)C4C3)C3CCC4C5C(Br)CC(N(C6CCC7C8CCCCC8C(C)(C)C7C6)C6CCC7C8CCCCC8C(C)(C)C7C6)CC5C(C)(C)C4C3)CC21. The lowest BCUT2D eigenvalue weighted by atomic mass is 9.63. The number of fused-ring (bicyclic) bond motifs is 15. The molecule has 15 aliphatic rings. The van der Waals surface area contributed by atoms with Crippen molar-refractivity contribution in [3.05, 3.63) is 0 Å². The Bertz CT molecular complexity index is 2050. The van der Waals surface area contributed by atoms with Crippen molar-refractivity contribution in [1.82, 2.24) is 9.80 Å². The molecule has 0 saturated heterocycles. The fourth-order valence-electron chi connectivity index (χ4n) is 30.4. The average molecular weight is 1130 g/mol. The normalized spacial score (nSPS) is 54.8. The van der Waals surface area contributed by atoms with Crippen LogP contribution in [-0.4, -0.2) is 50.9 Å². The largest absolute Gasteiger partial charge is 0.294 e. The Labute approximate surface area is 490 Å². The molecule has 15 saturated carbocycles. The number of alkyl halides is 1. The van der Waals surface area contributed by atoms with E-state index >= 15 is 0 Å². The van der Waals surface area contributed by atoms with Gasteiger partial charge in [-0.15, -0.1) is 0 Å². The Kier molecular flexibility index (Phi) is 14.1. The van der Waals surface area contributed by atoms with E-state index in [9.17, 15) is 0 Å². The van der Waals surface area contributed by atoms with E-state index in [4.69, 9.17) is 15.9 Å². The van der Waals surface area contributed by atoms with Crippen LogP contribution in [0.1, 0.15) is 281 Å². The van der Waals surface area contributed by atoms with E-state index in [1.165, 1.54) is 135 Å². The zero-order chi connectivity index (χ0) is 53.6. The highest BCUT2D eigenvalue weighted by Gasteiger charge is 2.66. The first-order valence-electron chi connectivity index (χ1n) is 36.6. The van der Waals surface area contributed by atoms with Crippen LogP contribution in [0, 0.1) is 145 Å². The molecule has 0 aromatic rings. The smallest absolute Gasteiger partial charge is 0.0194 e. The van der Waals surface area contributed by atoms with Crippen molar-refractivity contribution in [2.75, 3.05) is 0 Å². The Morgan fingerprint density at radius 3 is 0.782 bits per heavy atom. The highest BCUT2D eigenvalue weighted by atomic mass is 79.9. The van der Waals surface area contributed by atoms with Crippen LogP contribution in [0.3, 0.4) is 0 Å². The van der Waals surface area contributed by atoms with Gasteiger partial charge < -0.3 is 0 Å². The molecule has 3 heteroatoms. The van der Waals surface area contributed by atoms with Crippen molar-refractivity contribution in [3.63, 3.8) is 0 Å². The van der Waals surface area contributed by atoms with Gasteiger partial charge in [0.1, 0.15) is 0 Å². The number of hydrogen-bond donors (Lipinski definition) is 0. The van der Waals surface area contributed by atoms with E-state index in [0.717, 1.165) is 155 Å². The zero-order valence-electron chi connectivity index (χ0n) is 52.7. The quantitative estimate of drug-likeness (QED) is 0.245. The molecule has 0 aliphatic heterocycles. The van der Waals surface area contributed by atoms with E-state index < -0.39 is 0 Å². The third kappa shape index (κ3) is 8.25. The second-order valence-electron chi connectivity index (χ2n) is 36.7. The molecule has 2 nitrogen and oxygen atoms in total. The summed E-state index contributed by atoms with van der Waals surface area (Å²) >= 11 is 4.83. The van der Waals surface area contributed by atoms with Crippen LogP contribution in [0.4, 0.5) is 0 Å². The topological polar surface area (TPSA) is 6.48 Å². The molecule has 0 N–H and O–H groups in total. The van der Waals surface area contributed by atoms with Gasteiger partial charge in [0, 0.05) is 41.1 Å². The van der Waals surface area contributed by atoms with Crippen LogP contribution < -0.4 is 0 Å². The molecule has 27 unspecified atom stereocenters. The second kappa shape index (κ2) is 20.0. The molecule has 0 bridgehead atoms. The molecule has 0 aromatic heterocycles. The van der Waals surface area contributed by atoms with Crippen LogP contribution >= 0.6 is 15.9 Å². The van der Waals surface area contributed by atoms with Crippen molar-refractivity contribution in [1.29, 1.82) is 0 Å². The van der Waals surface area contributed by atoms with Crippen molar-refractivity contribution >= 4 is 15.9 Å². The molecule has 0 heterocycles. The first kappa shape index (κ1) is 55.0. The van der Waals surface area contributed by atoms with Gasteiger partial charge in [-0.3, -0.25) is 9.80 Å². The lowest BCUT2D eigenvalue weighted by Gasteiger charge is -2.55. The predicted molar refractivity (Wildman–Crippen MR) is 330 cm³/mol. The van der Waals surface area contributed by atoms with Gasteiger partial charge in [-0.25, -0.2) is 0 Å². The molecule has 15 aliphatic carbocycles. The molecule has 15 rings (SSSR count). The summed E-state index contributed by atoms with van der Waals surface area (Å²) in [5.74, 6) is 19.7. The van der Waals surface area contributed by atoms with Gasteiger partial charge in [0.2, 0.25) is 0 Å². The van der Waals surface area contributed by atoms with Crippen LogP contribution in [-0.2, 0) is 0 Å². The highest BCUT2D eigenvalue weighted by Crippen LogP contribution is 2.71. The highest BCUT2D eigenvalue weighted by molar-refractivity contribution is 9.09. The Morgan fingerprint density at radius 1 is 0.231 bits per heavy atom. The molecule has 440 valence electrons. The molecule has 0 amide bonds. The average Bonchev–Trinajstić information content (AvgIpc) is 4.09. The summed E-state index contributed by atoms with van der Waals surface area (Å²) in [5, 5.41) is 0. The molecule has 0 aromatic carbocycles. The van der Waals surface area contributed by atoms with E-state index in [2.05, 4.69) is 79.0 Å². The van der Waals surface area contributed by atoms with Crippen LogP contribution in [0.25, 0.3) is 0 Å². The van der Waals surface area contributed by atoms with E-state index in [0.29, 0.717) is 31.9 Å². The van der Waals surface area contributed by atoms with Gasteiger partial charge in [-0.1, -0.05) is 137 Å². The molecule has 0 spiro atoms. The van der Waals surface area contributed by atoms with Gasteiger partial charge in [-0.2, -0.15) is 0 Å². The second-order valence-corrected chi connectivity index (χ2v) is 37.9. The third-order valence-corrected chi connectivity index (χ3v) is 34.3. The van der Waals surface area contributed by atoms with Crippen molar-refractivity contribution < 1.29 is 0 Å². The maximum atomic E-state index is 4.83. The zero-order valence-corrected chi connectivity index (χ0v) is 54.3. The number of hydrogen-bond acceptors (Lipinski definition) is 2. The van der Waals surface area contributed by atoms with Gasteiger partial charge in [0.15, 0.2) is 0 Å². The lowest BCUT2D eigenvalue weighted by molar-refractivity contribution is -0.0508. The standard InChI is InChI=1S/C75H123BrN2/c1-71(2)59-23-15-11-19-50(59)54-32-27-44(37-63(54)71)77(45-28-33-55-51-20-12-16-24-60(51)72(3,4)64(55)38-45)46-31-36-58-67(41-46)75(9,10)68-42-49(43-69(76)70(58)68)78(47-29-34-56-52-21-13-17-25-61(52)73(5,6)65(56)39-47)48-30-35-57-53-22-14-18-26-62(53)74(7,8)66(57)40-48/h44-70H,11-43H2,1-10H3. The van der Waals surface area contributed by atoms with Crippen LogP contribution in [0.5, 0.6) is 0 Å². The molecular formula is C75H123BrN2. The van der Waals surface area contributed by atoms with Gasteiger partial charge in [0.05, 0.1) is 0 Å². The van der Waals surface area contributed by atoms with E-state index in [-0.39, 0.29) is 0 Å². The predicted octanol–water partition coefficient (Wildman–Crippen LogP) is 20.1. The maximum absolute atomic E-state index is 4.83. The summed E-state index contributed by atoms with van der Waals surface area (Å²) in [6.07, 6.45) is 50.6. The lowest BCUT2D eigenvalue weighted by Crippen LogP contribution is -2.57. The summed E-state index contributed by atoms with van der Waals surface area (Å²) in [6.45, 7) is 28.3. The van der Waals surface area contributed by atoms with Crippen molar-refractivity contribution in [2.45, 2.75) is 322 Å². The van der Waals surface area contributed by atoms with Gasteiger partial charge in [0.25, 0.3) is 0 Å². The fraction of sp³-hybridized carbons (Fsp3) is 1.00. The number of rotatable bonds is 6. The van der Waals surface area contributed by atoms with Crippen LogP contribution in [0.2, 0.25) is 0 Å². The van der Waals surface area contributed by atoms with Gasteiger partial charge in [-0.05, 0) is 306 Å². The first-order chi connectivity index (χ1) is 37.4. The Morgan fingerprint density at radius 2 is 0.462 bits per heavy atom. The molecule has 78 heavy (non-hydrogen) atoms. The van der Waals surface area contributed by atoms with Crippen molar-refractivity contribution in [2.24, 2.45) is 145 Å². The summed E-state index contributed by atoms with van der Waals surface area (Å²) < 4.78 is 0. The maximum Gasteiger partial charge on any atom is 0.0194 e. The summed E-state index contributed by atoms with van der Waals surface area (Å²) in [5.41, 5.74) is 2.54. The molecule has 15 fully saturated rings. The van der Waals surface area contributed by atoms with Crippen molar-refractivity contribution in [3.8, 4) is 0 Å². The number of halogens is 1. The third-order valence-electron chi connectivity index (χ3n) is 33.3. The van der Waals surface area contributed by atoms with E-state index in [1.807, 2.05) is 0 Å². The molecule has 0 radical (unpaired) electrons. The van der Waals surface area contributed by atoms with Gasteiger partial charge >= 0.3 is 0 Å². The Hall–Kier alpha value is 0.400. The monoisotopic (exact) mass is 1130 g/mol. The summed E-state index contributed by atoms with van der Waals surface area (Å²) in [4.78, 5) is 7.74. The minimum Gasteiger partial charge on any atom is -0.294 e. The number of nitrogens with zero attached hydrogens (tertiary/aromatic N) is 2. The minimum absolute atomic E-state index is 0.416. The van der Waals surface area contributed by atoms with Crippen LogP contribution in [0.15, 0.2) is 0 Å². The fourth-order valence-corrected chi connectivity index (χ4v) is 31.6. The molecule has 27 atom stereocenters. The Balaban J connectivity index is 0.724. The van der Waals surface area contributed by atoms with E-state index in [1.54, 1.807) is 77.0 Å².